The van der Waals surface area contributed by atoms with E-state index < -0.39 is 0 Å². The van der Waals surface area contributed by atoms with Crippen molar-refractivity contribution in [1.29, 1.82) is 0 Å². The number of rotatable bonds is 6. The Morgan fingerprint density at radius 3 is 2.68 bits per heavy atom. The van der Waals surface area contributed by atoms with Crippen LogP contribution in [0.1, 0.15) is 30.8 Å². The van der Waals surface area contributed by atoms with E-state index in [1.54, 1.807) is 42.3 Å². The van der Waals surface area contributed by atoms with E-state index in [1.807, 2.05) is 17.6 Å². The van der Waals surface area contributed by atoms with Crippen molar-refractivity contribution >= 4 is 70.0 Å². The van der Waals surface area contributed by atoms with Gasteiger partial charge in [0.05, 0.1) is 34.1 Å². The summed E-state index contributed by atoms with van der Waals surface area (Å²) < 4.78 is 6.94. The van der Waals surface area contributed by atoms with E-state index in [-0.39, 0.29) is 30.4 Å². The predicted octanol–water partition coefficient (Wildman–Crippen LogP) is 5.68. The van der Waals surface area contributed by atoms with Crippen LogP contribution < -0.4 is 10.6 Å². The normalized spacial score (nSPS) is 15.2. The third-order valence-electron chi connectivity index (χ3n) is 5.61. The van der Waals surface area contributed by atoms with Crippen LogP contribution in [0.4, 0.5) is 16.3 Å². The lowest BCUT2D eigenvalue weighted by Crippen LogP contribution is -2.32. The quantitative estimate of drug-likeness (QED) is 0.431. The Labute approximate surface area is 214 Å². The highest BCUT2D eigenvalue weighted by molar-refractivity contribution is 6.45. The maximum atomic E-state index is 13.0. The number of carbonyl (C=O) groups excluding carboxylic acids is 2. The molecular formula is C23H26Cl3N5O3. The van der Waals surface area contributed by atoms with E-state index in [9.17, 15) is 9.59 Å². The molecule has 2 aromatic heterocycles. The molecule has 0 spiro atoms. The molecule has 2 amide bonds. The first-order valence-corrected chi connectivity index (χ1v) is 11.6. The molecule has 1 fully saturated rings. The van der Waals surface area contributed by atoms with E-state index in [2.05, 4.69) is 15.6 Å². The van der Waals surface area contributed by atoms with Crippen LogP contribution in [0, 0.1) is 0 Å². The van der Waals surface area contributed by atoms with E-state index in [0.717, 1.165) is 17.3 Å². The Bertz CT molecular complexity index is 1180. The summed E-state index contributed by atoms with van der Waals surface area (Å²) in [6.07, 6.45) is 2.12. The minimum Gasteiger partial charge on any atom is -0.450 e. The van der Waals surface area contributed by atoms with Gasteiger partial charge in [-0.1, -0.05) is 23.2 Å². The van der Waals surface area contributed by atoms with Gasteiger partial charge in [0.15, 0.2) is 0 Å². The van der Waals surface area contributed by atoms with Crippen molar-refractivity contribution in [2.75, 3.05) is 30.3 Å². The molecule has 0 saturated carbocycles. The van der Waals surface area contributed by atoms with Crippen molar-refractivity contribution < 1.29 is 14.3 Å². The first-order chi connectivity index (χ1) is 15.9. The lowest BCUT2D eigenvalue weighted by Gasteiger charge is -2.16. The molecule has 1 aromatic carbocycles. The molecule has 0 unspecified atom stereocenters. The Morgan fingerprint density at radius 1 is 1.21 bits per heavy atom. The first-order valence-electron chi connectivity index (χ1n) is 10.8. The summed E-state index contributed by atoms with van der Waals surface area (Å²) in [5.74, 6) is 0.413. The van der Waals surface area contributed by atoms with Gasteiger partial charge < -0.3 is 24.8 Å². The molecule has 0 bridgehead atoms. The zero-order chi connectivity index (χ0) is 23.5. The Morgan fingerprint density at radius 2 is 2.00 bits per heavy atom. The van der Waals surface area contributed by atoms with Gasteiger partial charge in [-0.05, 0) is 50.6 Å². The number of pyridine rings is 1. The second kappa shape index (κ2) is 11.2. The van der Waals surface area contributed by atoms with Crippen LogP contribution in [-0.4, -0.2) is 52.2 Å². The number of amides is 2. The van der Waals surface area contributed by atoms with Crippen LogP contribution in [-0.2, 0) is 11.3 Å². The summed E-state index contributed by atoms with van der Waals surface area (Å²) in [6, 6.07) is 9.02. The number of carbonyl (C=O) groups is 2. The first kappa shape index (κ1) is 25.9. The molecule has 182 valence electrons. The Balaban J connectivity index is 0.00000324. The van der Waals surface area contributed by atoms with Gasteiger partial charge >= 0.3 is 6.09 Å². The van der Waals surface area contributed by atoms with Crippen molar-refractivity contribution in [1.82, 2.24) is 14.5 Å². The van der Waals surface area contributed by atoms with Crippen molar-refractivity contribution in [2.24, 2.45) is 0 Å². The topological polar surface area (TPSA) is 88.5 Å². The summed E-state index contributed by atoms with van der Waals surface area (Å²) in [5.41, 5.74) is 1.91. The summed E-state index contributed by atoms with van der Waals surface area (Å²) >= 11 is 12.5. The van der Waals surface area contributed by atoms with Gasteiger partial charge in [0.2, 0.25) is 0 Å². The average molecular weight is 527 g/mol. The van der Waals surface area contributed by atoms with Crippen LogP contribution in [0.5, 0.6) is 0 Å². The fraction of sp³-hybridized carbons (Fsp3) is 0.348. The molecule has 4 rings (SSSR count). The largest absolute Gasteiger partial charge is 0.450 e. The molecule has 1 atom stereocenters. The molecule has 1 aliphatic rings. The fourth-order valence-corrected chi connectivity index (χ4v) is 4.40. The predicted molar refractivity (Wildman–Crippen MR) is 138 cm³/mol. The molecule has 1 aliphatic heterocycles. The van der Waals surface area contributed by atoms with Gasteiger partial charge in [-0.2, -0.15) is 0 Å². The highest BCUT2D eigenvalue weighted by atomic mass is 35.5. The number of anilines is 2. The third kappa shape index (κ3) is 5.35. The zero-order valence-electron chi connectivity index (χ0n) is 18.8. The van der Waals surface area contributed by atoms with Gasteiger partial charge in [0.1, 0.15) is 11.5 Å². The molecule has 0 radical (unpaired) electrons. The molecule has 11 heteroatoms. The molecule has 0 aliphatic carbocycles. The van der Waals surface area contributed by atoms with Crippen LogP contribution >= 0.6 is 35.6 Å². The number of likely N-dealkylation sites (tertiary alicyclic amines) is 1. The van der Waals surface area contributed by atoms with E-state index in [0.29, 0.717) is 53.5 Å². The Hall–Kier alpha value is -2.68. The number of aromatic nitrogens is 2. The summed E-state index contributed by atoms with van der Waals surface area (Å²) in [6.45, 7) is 5.93. The van der Waals surface area contributed by atoms with Crippen LogP contribution in [0.15, 0.2) is 36.5 Å². The van der Waals surface area contributed by atoms with E-state index in [4.69, 9.17) is 27.9 Å². The summed E-state index contributed by atoms with van der Waals surface area (Å²) in [4.78, 5) is 30.9. The standard InChI is InChI=1S/C23H25Cl2N5O3.ClH/c1-3-30-18-7-6-17(24)21(25)16(18)11-19(30)22(31)28-14-5-8-20(26-12-14)27-15-9-10-29(13-15)23(32)33-4-2;/h5-8,11-12,15H,3-4,9-10,13H2,1-2H3,(H,26,27)(H,28,31);1H/t15-;/m0./s1. The highest BCUT2D eigenvalue weighted by Crippen LogP contribution is 2.33. The second-order valence-electron chi connectivity index (χ2n) is 7.73. The van der Waals surface area contributed by atoms with Gasteiger partial charge in [-0.25, -0.2) is 9.78 Å². The fourth-order valence-electron chi connectivity index (χ4n) is 4.02. The maximum absolute atomic E-state index is 13.0. The van der Waals surface area contributed by atoms with Crippen molar-refractivity contribution in [3.63, 3.8) is 0 Å². The van der Waals surface area contributed by atoms with Crippen molar-refractivity contribution in [3.8, 4) is 0 Å². The molecule has 8 nitrogen and oxygen atoms in total. The van der Waals surface area contributed by atoms with Crippen molar-refractivity contribution in [2.45, 2.75) is 32.9 Å². The number of fused-ring (bicyclic) bond motifs is 1. The number of hydrogen-bond acceptors (Lipinski definition) is 5. The number of hydrogen-bond donors (Lipinski definition) is 2. The monoisotopic (exact) mass is 525 g/mol. The van der Waals surface area contributed by atoms with Crippen LogP contribution in [0.3, 0.4) is 0 Å². The van der Waals surface area contributed by atoms with E-state index >= 15 is 0 Å². The van der Waals surface area contributed by atoms with Gasteiger partial charge in [-0.3, -0.25) is 4.79 Å². The molecule has 3 heterocycles. The van der Waals surface area contributed by atoms with Crippen molar-refractivity contribution in [3.05, 3.63) is 52.3 Å². The summed E-state index contributed by atoms with van der Waals surface area (Å²) in [5, 5.41) is 7.83. The number of aryl methyl sites for hydroxylation is 1. The average Bonchev–Trinajstić information content (AvgIpc) is 3.43. The zero-order valence-corrected chi connectivity index (χ0v) is 21.1. The molecular weight excluding hydrogens is 501 g/mol. The lowest BCUT2D eigenvalue weighted by molar-refractivity contribution is 0.101. The number of nitrogens with zero attached hydrogens (tertiary/aromatic N) is 3. The van der Waals surface area contributed by atoms with Gasteiger partial charge in [0.25, 0.3) is 5.91 Å². The molecule has 3 aromatic rings. The van der Waals surface area contributed by atoms with Gasteiger partial charge in [-0.15, -0.1) is 12.4 Å². The maximum Gasteiger partial charge on any atom is 0.409 e. The SMILES string of the molecule is CCOC(=O)N1CC[C@H](Nc2ccc(NC(=O)c3cc4c(Cl)c(Cl)ccc4n3CC)cn2)C1.Cl. The highest BCUT2D eigenvalue weighted by Gasteiger charge is 2.27. The van der Waals surface area contributed by atoms with E-state index in [1.165, 1.54) is 0 Å². The van der Waals surface area contributed by atoms with Crippen LogP contribution in [0.25, 0.3) is 10.9 Å². The third-order valence-corrected chi connectivity index (χ3v) is 6.43. The smallest absolute Gasteiger partial charge is 0.409 e. The number of halogens is 3. The molecule has 2 N–H and O–H groups in total. The molecule has 1 saturated heterocycles. The number of ether oxygens (including phenoxy) is 1. The second-order valence-corrected chi connectivity index (χ2v) is 8.51. The molecule has 34 heavy (non-hydrogen) atoms. The summed E-state index contributed by atoms with van der Waals surface area (Å²) in [7, 11) is 0. The van der Waals surface area contributed by atoms with Crippen LogP contribution in [0.2, 0.25) is 10.0 Å². The minimum atomic E-state index is -0.291. The number of nitrogens with one attached hydrogen (secondary N) is 2. The Kier molecular flexibility index (Phi) is 8.52. The minimum absolute atomic E-state index is 0. The lowest BCUT2D eigenvalue weighted by atomic mass is 10.2. The number of benzene rings is 1. The van der Waals surface area contributed by atoms with Gasteiger partial charge in [0, 0.05) is 31.1 Å².